The van der Waals surface area contributed by atoms with Crippen LogP contribution in [-0.2, 0) is 16.5 Å². The van der Waals surface area contributed by atoms with E-state index in [4.69, 9.17) is 4.74 Å². The van der Waals surface area contributed by atoms with E-state index in [1.54, 1.807) is 42.5 Å². The molecule has 0 aliphatic rings. The summed E-state index contributed by atoms with van der Waals surface area (Å²) in [4.78, 5) is 13.2. The minimum Gasteiger partial charge on any atom is -0.508 e. The van der Waals surface area contributed by atoms with Crippen LogP contribution < -0.4 is 10.3 Å². The number of aromatic nitrogens is 2. The standard InChI is InChI=1S/C38H50N4O6S/c1-2-3-4-5-6-7-8-9-10-11-12-13-14-15-19-25-34-37(40-39-30-21-20-22-32(43)28-30)38(44)42(41-34)31-26-27-35(36(29-31)49(45,46)47)48-33-23-17-16-18-24-33/h16-18,20-24,26-29,41,43H,2-15,19,25H2,1H3,(H,45,46,47). The predicted molar refractivity (Wildman–Crippen MR) is 194 cm³/mol. The number of aromatic hydroxyl groups is 1. The molecule has 0 saturated heterocycles. The topological polar surface area (TPSA) is 146 Å². The van der Waals surface area contributed by atoms with Gasteiger partial charge >= 0.3 is 0 Å². The molecule has 0 atom stereocenters. The summed E-state index contributed by atoms with van der Waals surface area (Å²) in [5, 5.41) is 21.4. The Labute approximate surface area is 290 Å². The van der Waals surface area contributed by atoms with Crippen LogP contribution in [0.4, 0.5) is 11.4 Å². The molecular weight excluding hydrogens is 641 g/mol. The number of phenolic OH excluding ortho intramolecular Hbond substituents is 1. The monoisotopic (exact) mass is 690 g/mol. The van der Waals surface area contributed by atoms with E-state index < -0.39 is 20.6 Å². The lowest BCUT2D eigenvalue weighted by Gasteiger charge is -2.11. The Kier molecular flexibility index (Phi) is 15.1. The Balaban J connectivity index is 1.40. The second-order valence-corrected chi connectivity index (χ2v) is 13.9. The van der Waals surface area contributed by atoms with E-state index in [2.05, 4.69) is 22.3 Å². The van der Waals surface area contributed by atoms with Gasteiger partial charge in [0, 0.05) is 6.07 Å². The summed E-state index contributed by atoms with van der Waals surface area (Å²) in [6, 6.07) is 18.9. The quantitative estimate of drug-likeness (QED) is 0.0425. The van der Waals surface area contributed by atoms with E-state index in [1.165, 1.54) is 112 Å². The third-order valence-electron chi connectivity index (χ3n) is 8.50. The maximum atomic E-state index is 13.7. The lowest BCUT2D eigenvalue weighted by Crippen LogP contribution is -2.15. The maximum absolute atomic E-state index is 13.7. The molecule has 11 heteroatoms. The van der Waals surface area contributed by atoms with Gasteiger partial charge in [0.2, 0.25) is 0 Å². The number of benzene rings is 3. The molecule has 264 valence electrons. The summed E-state index contributed by atoms with van der Waals surface area (Å²) < 4.78 is 41.7. The van der Waals surface area contributed by atoms with Crippen molar-refractivity contribution in [3.8, 4) is 22.9 Å². The first-order chi connectivity index (χ1) is 23.8. The van der Waals surface area contributed by atoms with Crippen molar-refractivity contribution in [3.05, 3.63) is 88.8 Å². The molecule has 49 heavy (non-hydrogen) atoms. The molecule has 0 saturated carbocycles. The van der Waals surface area contributed by atoms with Gasteiger partial charge in [-0.2, -0.15) is 13.5 Å². The molecule has 0 aliphatic carbocycles. The van der Waals surface area contributed by atoms with Crippen LogP contribution in [0.25, 0.3) is 5.69 Å². The van der Waals surface area contributed by atoms with Gasteiger partial charge in [0.25, 0.3) is 15.7 Å². The van der Waals surface area contributed by atoms with E-state index in [1.807, 2.05) is 0 Å². The van der Waals surface area contributed by atoms with E-state index >= 15 is 0 Å². The normalized spacial score (nSPS) is 11.8. The summed E-state index contributed by atoms with van der Waals surface area (Å²) in [6.07, 6.45) is 19.2. The largest absolute Gasteiger partial charge is 0.508 e. The molecule has 0 fully saturated rings. The lowest BCUT2D eigenvalue weighted by molar-refractivity contribution is 0.449. The Bertz CT molecular complexity index is 1780. The number of para-hydroxylation sites is 1. The molecule has 10 nitrogen and oxygen atoms in total. The summed E-state index contributed by atoms with van der Waals surface area (Å²) in [5.74, 6) is 0.327. The van der Waals surface area contributed by atoms with Gasteiger partial charge in [0.15, 0.2) is 5.69 Å². The molecule has 4 rings (SSSR count). The average molecular weight is 691 g/mol. The minimum absolute atomic E-state index is 0.0245. The zero-order valence-corrected chi connectivity index (χ0v) is 29.3. The van der Waals surface area contributed by atoms with Gasteiger partial charge in [-0.05, 0) is 55.3 Å². The second-order valence-electron chi connectivity index (χ2n) is 12.5. The van der Waals surface area contributed by atoms with Crippen LogP contribution in [0.5, 0.6) is 17.2 Å². The maximum Gasteiger partial charge on any atom is 0.299 e. The van der Waals surface area contributed by atoms with Gasteiger partial charge in [-0.15, -0.1) is 5.11 Å². The molecule has 3 aromatic carbocycles. The molecule has 0 aliphatic heterocycles. The Morgan fingerprint density at radius 1 is 0.735 bits per heavy atom. The van der Waals surface area contributed by atoms with Gasteiger partial charge in [-0.3, -0.25) is 14.4 Å². The molecule has 0 amide bonds. The smallest absolute Gasteiger partial charge is 0.299 e. The molecular formula is C38H50N4O6S. The van der Waals surface area contributed by atoms with Crippen LogP contribution in [0.2, 0.25) is 0 Å². The zero-order chi connectivity index (χ0) is 34.9. The number of H-pyrrole nitrogens is 1. The fourth-order valence-corrected chi connectivity index (χ4v) is 6.44. The molecule has 0 radical (unpaired) electrons. The Morgan fingerprint density at radius 3 is 1.94 bits per heavy atom. The highest BCUT2D eigenvalue weighted by atomic mass is 32.2. The number of aromatic amines is 1. The number of nitrogens with zero attached hydrogens (tertiary/aromatic N) is 3. The third kappa shape index (κ3) is 12.3. The predicted octanol–water partition coefficient (Wildman–Crippen LogP) is 10.7. The van der Waals surface area contributed by atoms with Crippen LogP contribution in [-0.4, -0.2) is 27.9 Å². The van der Waals surface area contributed by atoms with Crippen molar-refractivity contribution in [2.45, 2.75) is 115 Å². The number of unbranched alkanes of at least 4 members (excludes halogenated alkanes) is 14. The van der Waals surface area contributed by atoms with Gasteiger partial charge in [-0.25, -0.2) is 4.68 Å². The number of ether oxygens (including phenoxy) is 1. The molecule has 0 unspecified atom stereocenters. The van der Waals surface area contributed by atoms with Crippen LogP contribution in [0.15, 0.2) is 92.7 Å². The number of hydrogen-bond donors (Lipinski definition) is 3. The first kappa shape index (κ1) is 37.6. The van der Waals surface area contributed by atoms with E-state index in [0.717, 1.165) is 19.3 Å². The second kappa shape index (κ2) is 19.7. The highest BCUT2D eigenvalue weighted by molar-refractivity contribution is 7.86. The summed E-state index contributed by atoms with van der Waals surface area (Å²) in [7, 11) is -4.71. The van der Waals surface area contributed by atoms with Crippen LogP contribution in [0.1, 0.15) is 109 Å². The summed E-state index contributed by atoms with van der Waals surface area (Å²) in [5.41, 5.74) is 0.668. The number of hydrogen-bond acceptors (Lipinski definition) is 7. The van der Waals surface area contributed by atoms with Crippen molar-refractivity contribution in [1.29, 1.82) is 0 Å². The number of azo groups is 1. The Morgan fingerprint density at radius 2 is 1.35 bits per heavy atom. The molecule has 0 spiro atoms. The summed E-state index contributed by atoms with van der Waals surface area (Å²) >= 11 is 0. The van der Waals surface area contributed by atoms with Gasteiger partial charge < -0.3 is 9.84 Å². The highest BCUT2D eigenvalue weighted by Gasteiger charge is 2.22. The van der Waals surface area contributed by atoms with Crippen LogP contribution in [0, 0.1) is 0 Å². The van der Waals surface area contributed by atoms with Crippen molar-refractivity contribution in [2.75, 3.05) is 0 Å². The number of nitrogens with one attached hydrogen (secondary N) is 1. The van der Waals surface area contributed by atoms with Crippen molar-refractivity contribution in [1.82, 2.24) is 9.78 Å². The lowest BCUT2D eigenvalue weighted by atomic mass is 10.0. The SMILES string of the molecule is CCCCCCCCCCCCCCCCCc1[nH]n(-c2ccc(Oc3ccccc3)c(S(=O)(=O)O)c2)c(=O)c1N=Nc1cccc(O)c1. The van der Waals surface area contributed by atoms with Gasteiger partial charge in [0.05, 0.1) is 17.1 Å². The van der Waals surface area contributed by atoms with E-state index in [0.29, 0.717) is 23.6 Å². The molecule has 1 heterocycles. The van der Waals surface area contributed by atoms with Crippen molar-refractivity contribution >= 4 is 21.5 Å². The van der Waals surface area contributed by atoms with Crippen molar-refractivity contribution < 1.29 is 22.8 Å². The average Bonchev–Trinajstić information content (AvgIpc) is 3.40. The fourth-order valence-electron chi connectivity index (χ4n) is 5.81. The summed E-state index contributed by atoms with van der Waals surface area (Å²) in [6.45, 7) is 2.25. The number of phenols is 1. The molecule has 0 bridgehead atoms. The van der Waals surface area contributed by atoms with E-state index in [-0.39, 0.29) is 22.9 Å². The number of rotatable bonds is 22. The highest BCUT2D eigenvalue weighted by Crippen LogP contribution is 2.31. The first-order valence-corrected chi connectivity index (χ1v) is 19.1. The van der Waals surface area contributed by atoms with Crippen molar-refractivity contribution in [2.24, 2.45) is 10.2 Å². The Hall–Kier alpha value is -4.22. The number of aryl methyl sites for hydroxylation is 1. The third-order valence-corrected chi connectivity index (χ3v) is 9.37. The van der Waals surface area contributed by atoms with Crippen LogP contribution >= 0.6 is 0 Å². The molecule has 3 N–H and O–H groups in total. The molecule has 1 aromatic heterocycles. The molecule has 4 aromatic rings. The first-order valence-electron chi connectivity index (χ1n) is 17.7. The fraction of sp³-hybridized carbons (Fsp3) is 0.447. The van der Waals surface area contributed by atoms with Gasteiger partial charge in [0.1, 0.15) is 22.1 Å². The minimum atomic E-state index is -4.71. The van der Waals surface area contributed by atoms with Crippen LogP contribution in [0.3, 0.4) is 0 Å². The van der Waals surface area contributed by atoms with E-state index in [9.17, 15) is 22.9 Å². The van der Waals surface area contributed by atoms with Gasteiger partial charge in [-0.1, -0.05) is 121 Å². The van der Waals surface area contributed by atoms with Crippen molar-refractivity contribution in [3.63, 3.8) is 0 Å². The zero-order valence-electron chi connectivity index (χ0n) is 28.5.